The van der Waals surface area contributed by atoms with Gasteiger partial charge in [-0.05, 0) is 17.9 Å². The third-order valence-electron chi connectivity index (χ3n) is 0.526. The molecule has 3 nitrogen and oxygen atoms in total. The molecule has 0 aromatic heterocycles. The van der Waals surface area contributed by atoms with Crippen molar-refractivity contribution in [1.29, 1.82) is 0 Å². The highest BCUT2D eigenvalue weighted by atomic mass is 15.4. The van der Waals surface area contributed by atoms with Crippen molar-refractivity contribution in [2.75, 3.05) is 0 Å². The van der Waals surface area contributed by atoms with Crippen LogP contribution in [0.25, 0.3) is 0 Å². The van der Waals surface area contributed by atoms with Gasteiger partial charge in [0, 0.05) is 0 Å². The van der Waals surface area contributed by atoms with Gasteiger partial charge in [-0.3, -0.25) is 0 Å². The highest BCUT2D eigenvalue weighted by molar-refractivity contribution is 5.51. The molecule has 3 heteroatoms. The number of rotatable bonds is 0. The zero-order valence-electron chi connectivity index (χ0n) is 3.84. The summed E-state index contributed by atoms with van der Waals surface area (Å²) in [5, 5.41) is 10.1. The summed E-state index contributed by atoms with van der Waals surface area (Å²) in [5.74, 6) is 2.41. The lowest BCUT2D eigenvalue weighted by atomic mass is 10.6. The van der Waals surface area contributed by atoms with Gasteiger partial charge in [-0.15, -0.1) is 5.11 Å². The lowest BCUT2D eigenvalue weighted by molar-refractivity contribution is 1.01. The number of hydrogen-bond donors (Lipinski definition) is 0. The third kappa shape index (κ3) is 0.829. The van der Waals surface area contributed by atoms with Crippen molar-refractivity contribution in [2.24, 2.45) is 15.4 Å². The Kier molecular flexibility index (Phi) is 0.868. The molecular formula is C4H3N3. The number of nitrogens with zero attached hydrogens (tertiary/aromatic N) is 3. The molecule has 0 N–H and O–H groups in total. The predicted molar refractivity (Wildman–Crippen MR) is 25.0 cm³/mol. The van der Waals surface area contributed by atoms with Gasteiger partial charge in [0.2, 0.25) is 0 Å². The molecule has 1 aliphatic rings. The van der Waals surface area contributed by atoms with E-state index in [2.05, 4.69) is 27.0 Å². The summed E-state index contributed by atoms with van der Waals surface area (Å²) in [6.07, 6.45) is 0. The first kappa shape index (κ1) is 4.00. The van der Waals surface area contributed by atoms with Crippen molar-refractivity contribution in [3.8, 4) is 0 Å². The van der Waals surface area contributed by atoms with Gasteiger partial charge in [0.1, 0.15) is 5.70 Å². The van der Waals surface area contributed by atoms with E-state index in [1.807, 2.05) is 0 Å². The maximum atomic E-state index is 3.53. The van der Waals surface area contributed by atoms with E-state index >= 15 is 0 Å². The van der Waals surface area contributed by atoms with Crippen molar-refractivity contribution >= 4 is 5.87 Å². The fraction of sp³-hybridized carbons (Fsp3) is 0.250. The van der Waals surface area contributed by atoms with Crippen LogP contribution in [0, 0.1) is 0 Å². The monoisotopic (exact) mass is 93.0 g/mol. The van der Waals surface area contributed by atoms with Crippen molar-refractivity contribution in [3.05, 3.63) is 11.4 Å². The Bertz CT molecular complexity index is 189. The Balaban J connectivity index is 3.14. The maximum Gasteiger partial charge on any atom is 0.113 e. The summed E-state index contributed by atoms with van der Waals surface area (Å²) >= 11 is 0. The van der Waals surface area contributed by atoms with Gasteiger partial charge in [0.05, 0.1) is 5.87 Å². The third-order valence-corrected chi connectivity index (χ3v) is 0.526. The molecule has 0 radical (unpaired) electrons. The van der Waals surface area contributed by atoms with E-state index in [4.69, 9.17) is 0 Å². The lowest BCUT2D eigenvalue weighted by Gasteiger charge is -1.78. The minimum Gasteiger partial charge on any atom is -0.126 e. The van der Waals surface area contributed by atoms with E-state index in [-0.39, 0.29) is 0 Å². The Morgan fingerprint density at radius 2 is 2.43 bits per heavy atom. The lowest BCUT2D eigenvalue weighted by Crippen LogP contribution is -1.64. The molecular weight excluding hydrogens is 90.1 g/mol. The van der Waals surface area contributed by atoms with Crippen molar-refractivity contribution < 1.29 is 0 Å². The molecule has 0 fully saturated rings. The first-order valence-electron chi connectivity index (χ1n) is 1.85. The van der Waals surface area contributed by atoms with Crippen LogP contribution in [0.15, 0.2) is 26.9 Å². The van der Waals surface area contributed by atoms with Gasteiger partial charge >= 0.3 is 0 Å². The van der Waals surface area contributed by atoms with E-state index < -0.39 is 0 Å². The smallest absolute Gasteiger partial charge is 0.113 e. The second-order valence-corrected chi connectivity index (χ2v) is 1.11. The Labute approximate surface area is 40.8 Å². The molecule has 0 saturated carbocycles. The highest BCUT2D eigenvalue weighted by Crippen LogP contribution is 1.92. The van der Waals surface area contributed by atoms with Gasteiger partial charge in [0.15, 0.2) is 0 Å². The van der Waals surface area contributed by atoms with Crippen LogP contribution in [0.1, 0.15) is 6.92 Å². The van der Waals surface area contributed by atoms with Crippen LogP contribution in [0.5, 0.6) is 0 Å². The first-order valence-corrected chi connectivity index (χ1v) is 1.85. The van der Waals surface area contributed by atoms with Crippen LogP contribution in [-0.4, -0.2) is 5.87 Å². The summed E-state index contributed by atoms with van der Waals surface area (Å²) < 4.78 is 0. The molecule has 0 aromatic rings. The quantitative estimate of drug-likeness (QED) is 0.402. The van der Waals surface area contributed by atoms with Crippen molar-refractivity contribution in [3.63, 3.8) is 0 Å². The Hall–Kier alpha value is -1.17. The molecule has 0 saturated heterocycles. The molecule has 7 heavy (non-hydrogen) atoms. The summed E-state index contributed by atoms with van der Waals surface area (Å²) in [6.45, 7) is 1.78. The molecule has 0 aromatic carbocycles. The fourth-order valence-corrected chi connectivity index (χ4v) is 0.243. The number of allylic oxidation sites excluding steroid dienone is 1. The minimum absolute atomic E-state index is 0.718. The average Bonchev–Trinajstić information content (AvgIpc) is 1.69. The summed E-state index contributed by atoms with van der Waals surface area (Å²) in [5.41, 5.74) is 3.34. The standard InChI is InChI=1S/C4H3N3/c1-4-2-3-5-7-6-4/h1H3. The van der Waals surface area contributed by atoms with Crippen LogP contribution in [-0.2, 0) is 0 Å². The molecule has 34 valence electrons. The minimum atomic E-state index is 0.718. The molecule has 1 heterocycles. The molecule has 0 atom stereocenters. The number of hydrogen-bond acceptors (Lipinski definition) is 3. The van der Waals surface area contributed by atoms with Crippen LogP contribution in [0.3, 0.4) is 0 Å². The Morgan fingerprint density at radius 1 is 1.57 bits per heavy atom. The average molecular weight is 93.1 g/mol. The second kappa shape index (κ2) is 1.52. The fourth-order valence-electron chi connectivity index (χ4n) is 0.243. The van der Waals surface area contributed by atoms with Crippen LogP contribution < -0.4 is 0 Å². The van der Waals surface area contributed by atoms with Crippen molar-refractivity contribution in [2.45, 2.75) is 6.92 Å². The topological polar surface area (TPSA) is 37.1 Å². The zero-order chi connectivity index (χ0) is 5.11. The van der Waals surface area contributed by atoms with Crippen LogP contribution in [0.2, 0.25) is 0 Å². The van der Waals surface area contributed by atoms with E-state index in [0.29, 0.717) is 0 Å². The van der Waals surface area contributed by atoms with Crippen LogP contribution in [0.4, 0.5) is 0 Å². The van der Waals surface area contributed by atoms with E-state index in [9.17, 15) is 0 Å². The molecule has 1 rings (SSSR count). The summed E-state index contributed by atoms with van der Waals surface area (Å²) in [6, 6.07) is 0. The molecule has 0 amide bonds. The molecule has 0 spiro atoms. The summed E-state index contributed by atoms with van der Waals surface area (Å²) in [4.78, 5) is 0. The van der Waals surface area contributed by atoms with Gasteiger partial charge in [0.25, 0.3) is 0 Å². The highest BCUT2D eigenvalue weighted by Gasteiger charge is 1.78. The molecule has 0 bridgehead atoms. The molecule has 0 aliphatic carbocycles. The van der Waals surface area contributed by atoms with E-state index in [0.717, 1.165) is 5.70 Å². The van der Waals surface area contributed by atoms with Gasteiger partial charge in [-0.2, -0.15) is 0 Å². The zero-order valence-corrected chi connectivity index (χ0v) is 3.84. The molecule has 1 aliphatic heterocycles. The van der Waals surface area contributed by atoms with Gasteiger partial charge < -0.3 is 0 Å². The normalized spacial score (nSPS) is 14.7. The van der Waals surface area contributed by atoms with Gasteiger partial charge in [-0.1, -0.05) is 5.10 Å². The first-order chi connectivity index (χ1) is 3.39. The molecule has 0 unspecified atom stereocenters. The van der Waals surface area contributed by atoms with Crippen molar-refractivity contribution in [1.82, 2.24) is 0 Å². The summed E-state index contributed by atoms with van der Waals surface area (Å²) in [7, 11) is 0. The Morgan fingerprint density at radius 3 is 2.71 bits per heavy atom. The largest absolute Gasteiger partial charge is 0.126 e. The predicted octanol–water partition coefficient (Wildman–Crippen LogP) is 1.10. The maximum absolute atomic E-state index is 3.53. The van der Waals surface area contributed by atoms with E-state index in [1.54, 1.807) is 6.92 Å². The van der Waals surface area contributed by atoms with Gasteiger partial charge in [-0.25, -0.2) is 0 Å². The SMILES string of the molecule is CC1=C=C=NN=N1. The van der Waals surface area contributed by atoms with Crippen LogP contribution >= 0.6 is 0 Å². The second-order valence-electron chi connectivity index (χ2n) is 1.11. The van der Waals surface area contributed by atoms with E-state index in [1.165, 1.54) is 0 Å².